The smallest absolute Gasteiger partial charge is 0.0325 e. The summed E-state index contributed by atoms with van der Waals surface area (Å²) in [5.41, 5.74) is 6.78. The Hall–Kier alpha value is 0.1000. The zero-order valence-electron chi connectivity index (χ0n) is 12.2. The lowest BCUT2D eigenvalue weighted by atomic mass is 9.70. The molecule has 1 aromatic rings. The molecule has 0 aromatic carbocycles. The van der Waals surface area contributed by atoms with Crippen LogP contribution in [0.5, 0.6) is 0 Å². The molecule has 2 atom stereocenters. The van der Waals surface area contributed by atoms with Crippen LogP contribution in [0.25, 0.3) is 0 Å². The zero-order valence-corrected chi connectivity index (χ0v) is 14.6. The number of nitrogens with two attached hydrogens (primary N) is 1. The van der Waals surface area contributed by atoms with Crippen LogP contribution in [0.15, 0.2) is 15.9 Å². The van der Waals surface area contributed by atoms with E-state index < -0.39 is 0 Å². The van der Waals surface area contributed by atoms with Gasteiger partial charge in [0.15, 0.2) is 0 Å². The van der Waals surface area contributed by atoms with E-state index in [1.165, 1.54) is 28.6 Å². The van der Waals surface area contributed by atoms with Crippen LogP contribution in [-0.4, -0.2) is 24.5 Å². The van der Waals surface area contributed by atoms with Crippen molar-refractivity contribution in [1.29, 1.82) is 0 Å². The van der Waals surface area contributed by atoms with Gasteiger partial charge in [0.1, 0.15) is 0 Å². The van der Waals surface area contributed by atoms with Crippen LogP contribution in [0.3, 0.4) is 0 Å². The first-order valence-corrected chi connectivity index (χ1v) is 8.70. The van der Waals surface area contributed by atoms with Crippen molar-refractivity contribution in [1.82, 2.24) is 4.90 Å². The average Bonchev–Trinajstić information content (AvgIpc) is 2.69. The minimum atomic E-state index is 0.380. The van der Waals surface area contributed by atoms with Gasteiger partial charge in [0.25, 0.3) is 0 Å². The SMILES string of the molecule is CN(Cc1cc(Br)cs1)CC1CC(C)(C)CCC1N. The third-order valence-corrected chi connectivity index (χ3v) is 5.85. The Bertz CT molecular complexity index is 416. The topological polar surface area (TPSA) is 29.3 Å². The van der Waals surface area contributed by atoms with Gasteiger partial charge in [-0.05, 0) is 59.6 Å². The van der Waals surface area contributed by atoms with Crippen molar-refractivity contribution in [3.8, 4) is 0 Å². The second-order valence-electron chi connectivity index (χ2n) is 6.76. The van der Waals surface area contributed by atoms with E-state index >= 15 is 0 Å². The molecule has 108 valence electrons. The molecule has 1 aliphatic carbocycles. The minimum absolute atomic E-state index is 0.380. The monoisotopic (exact) mass is 344 g/mol. The number of hydrogen-bond acceptors (Lipinski definition) is 3. The third-order valence-electron chi connectivity index (χ3n) is 4.17. The summed E-state index contributed by atoms with van der Waals surface area (Å²) in [6.45, 7) is 6.89. The Morgan fingerprint density at radius 3 is 2.89 bits per heavy atom. The van der Waals surface area contributed by atoms with Gasteiger partial charge in [-0.15, -0.1) is 11.3 Å². The van der Waals surface area contributed by atoms with Crippen molar-refractivity contribution in [2.24, 2.45) is 17.1 Å². The van der Waals surface area contributed by atoms with Gasteiger partial charge >= 0.3 is 0 Å². The average molecular weight is 345 g/mol. The molecule has 0 bridgehead atoms. The van der Waals surface area contributed by atoms with Gasteiger partial charge in [-0.3, -0.25) is 0 Å². The molecule has 1 heterocycles. The number of rotatable bonds is 4. The summed E-state index contributed by atoms with van der Waals surface area (Å²) in [4.78, 5) is 3.84. The minimum Gasteiger partial charge on any atom is -0.327 e. The fraction of sp³-hybridized carbons (Fsp3) is 0.733. The fourth-order valence-electron chi connectivity index (χ4n) is 3.12. The molecular weight excluding hydrogens is 320 g/mol. The maximum atomic E-state index is 6.31. The molecule has 0 radical (unpaired) electrons. The largest absolute Gasteiger partial charge is 0.327 e. The summed E-state index contributed by atoms with van der Waals surface area (Å²) in [7, 11) is 2.21. The standard InChI is InChI=1S/C15H25BrN2S/c1-15(2)5-4-14(17)11(7-15)8-18(3)9-13-6-12(16)10-19-13/h6,10-11,14H,4-5,7-9,17H2,1-3H3. The van der Waals surface area contributed by atoms with Crippen LogP contribution < -0.4 is 5.73 Å². The maximum absolute atomic E-state index is 6.31. The van der Waals surface area contributed by atoms with Crippen molar-refractivity contribution in [2.75, 3.05) is 13.6 Å². The maximum Gasteiger partial charge on any atom is 0.0325 e. The van der Waals surface area contributed by atoms with Gasteiger partial charge in [0.05, 0.1) is 0 Å². The lowest BCUT2D eigenvalue weighted by Gasteiger charge is -2.40. The van der Waals surface area contributed by atoms with Crippen molar-refractivity contribution in [2.45, 2.75) is 45.7 Å². The summed E-state index contributed by atoms with van der Waals surface area (Å²) in [6, 6.07) is 2.59. The summed E-state index contributed by atoms with van der Waals surface area (Å²) in [5.74, 6) is 0.636. The number of thiophene rings is 1. The van der Waals surface area contributed by atoms with Gasteiger partial charge in [-0.2, -0.15) is 0 Å². The Balaban J connectivity index is 1.88. The van der Waals surface area contributed by atoms with Crippen molar-refractivity contribution in [3.63, 3.8) is 0 Å². The van der Waals surface area contributed by atoms with E-state index in [-0.39, 0.29) is 0 Å². The highest BCUT2D eigenvalue weighted by Crippen LogP contribution is 2.38. The van der Waals surface area contributed by atoms with E-state index in [1.807, 2.05) is 11.3 Å². The highest BCUT2D eigenvalue weighted by molar-refractivity contribution is 9.10. The first-order chi connectivity index (χ1) is 8.85. The normalized spacial score (nSPS) is 26.8. The molecule has 19 heavy (non-hydrogen) atoms. The summed E-state index contributed by atoms with van der Waals surface area (Å²) in [6.07, 6.45) is 3.70. The predicted molar refractivity (Wildman–Crippen MR) is 87.5 cm³/mol. The van der Waals surface area contributed by atoms with Crippen LogP contribution in [0, 0.1) is 11.3 Å². The Morgan fingerprint density at radius 1 is 1.53 bits per heavy atom. The number of halogens is 1. The van der Waals surface area contributed by atoms with Crippen LogP contribution >= 0.6 is 27.3 Å². The molecule has 2 N–H and O–H groups in total. The van der Waals surface area contributed by atoms with E-state index in [0.717, 1.165) is 13.1 Å². The van der Waals surface area contributed by atoms with E-state index in [4.69, 9.17) is 5.73 Å². The summed E-state index contributed by atoms with van der Waals surface area (Å²) in [5, 5.41) is 2.15. The molecule has 2 rings (SSSR count). The van der Waals surface area contributed by atoms with Crippen molar-refractivity contribution < 1.29 is 0 Å². The molecule has 0 spiro atoms. The molecule has 0 saturated heterocycles. The van der Waals surface area contributed by atoms with Gasteiger partial charge in [0, 0.05) is 33.9 Å². The molecule has 2 unspecified atom stereocenters. The zero-order chi connectivity index (χ0) is 14.0. The lowest BCUT2D eigenvalue weighted by Crippen LogP contribution is -2.44. The van der Waals surface area contributed by atoms with Crippen LogP contribution in [0.2, 0.25) is 0 Å². The van der Waals surface area contributed by atoms with E-state index in [1.54, 1.807) is 0 Å². The van der Waals surface area contributed by atoms with Crippen LogP contribution in [-0.2, 0) is 6.54 Å². The van der Waals surface area contributed by atoms with Gasteiger partial charge in [-0.1, -0.05) is 13.8 Å². The molecule has 1 aromatic heterocycles. The summed E-state index contributed by atoms with van der Waals surface area (Å²) >= 11 is 5.34. The van der Waals surface area contributed by atoms with Gasteiger partial charge in [-0.25, -0.2) is 0 Å². The number of nitrogens with zero attached hydrogens (tertiary/aromatic N) is 1. The second-order valence-corrected chi connectivity index (χ2v) is 8.67. The summed E-state index contributed by atoms with van der Waals surface area (Å²) < 4.78 is 1.19. The van der Waals surface area contributed by atoms with E-state index in [2.05, 4.69) is 53.2 Å². The third kappa shape index (κ3) is 4.55. The molecule has 2 nitrogen and oxygen atoms in total. The Kier molecular flexibility index (Phi) is 5.09. The van der Waals surface area contributed by atoms with Crippen molar-refractivity contribution in [3.05, 3.63) is 20.8 Å². The van der Waals surface area contributed by atoms with Gasteiger partial charge in [0.2, 0.25) is 0 Å². The molecule has 0 amide bonds. The fourth-order valence-corrected chi connectivity index (χ4v) is 4.65. The quantitative estimate of drug-likeness (QED) is 0.890. The first-order valence-electron chi connectivity index (χ1n) is 7.03. The number of hydrogen-bond donors (Lipinski definition) is 1. The molecule has 0 aliphatic heterocycles. The van der Waals surface area contributed by atoms with E-state index in [9.17, 15) is 0 Å². The van der Waals surface area contributed by atoms with Crippen molar-refractivity contribution >= 4 is 27.3 Å². The van der Waals surface area contributed by atoms with E-state index in [0.29, 0.717) is 17.4 Å². The lowest BCUT2D eigenvalue weighted by molar-refractivity contribution is 0.123. The van der Waals surface area contributed by atoms with Gasteiger partial charge < -0.3 is 10.6 Å². The molecule has 1 saturated carbocycles. The Morgan fingerprint density at radius 2 is 2.26 bits per heavy atom. The Labute approximate surface area is 129 Å². The molecular formula is C15H25BrN2S. The second kappa shape index (κ2) is 6.25. The molecule has 1 aliphatic rings. The first kappa shape index (κ1) is 15.5. The predicted octanol–water partition coefficient (Wildman–Crippen LogP) is 4.10. The van der Waals surface area contributed by atoms with Crippen LogP contribution in [0.1, 0.15) is 38.0 Å². The highest BCUT2D eigenvalue weighted by atomic mass is 79.9. The molecule has 1 fully saturated rings. The van der Waals surface area contributed by atoms with Crippen LogP contribution in [0.4, 0.5) is 0 Å². The highest BCUT2D eigenvalue weighted by Gasteiger charge is 2.33. The molecule has 4 heteroatoms.